The van der Waals surface area contributed by atoms with Crippen LogP contribution in [-0.2, 0) is 19.6 Å². The summed E-state index contributed by atoms with van der Waals surface area (Å²) in [5.74, 6) is 0.197. The van der Waals surface area contributed by atoms with Crippen molar-refractivity contribution in [3.05, 3.63) is 82.2 Å². The van der Waals surface area contributed by atoms with Crippen molar-refractivity contribution in [1.82, 2.24) is 9.97 Å². The van der Waals surface area contributed by atoms with Gasteiger partial charge in [-0.25, -0.2) is 14.8 Å². The van der Waals surface area contributed by atoms with Crippen LogP contribution < -0.4 is 9.64 Å². The van der Waals surface area contributed by atoms with E-state index in [0.29, 0.717) is 18.2 Å². The van der Waals surface area contributed by atoms with E-state index in [1.54, 1.807) is 0 Å². The van der Waals surface area contributed by atoms with Crippen molar-refractivity contribution in [3.63, 3.8) is 0 Å². The van der Waals surface area contributed by atoms with Crippen LogP contribution in [0.25, 0.3) is 0 Å². The highest BCUT2D eigenvalue weighted by molar-refractivity contribution is 5.88. The molecule has 0 radical (unpaired) electrons. The second-order valence-corrected chi connectivity index (χ2v) is 7.33. The average Bonchev–Trinajstić information content (AvgIpc) is 2.72. The lowest BCUT2D eigenvalue weighted by Crippen LogP contribution is -2.32. The van der Waals surface area contributed by atoms with Gasteiger partial charge in [0.05, 0.1) is 5.69 Å². The molecule has 1 aliphatic rings. The minimum Gasteiger partial charge on any atom is -0.487 e. The van der Waals surface area contributed by atoms with E-state index >= 15 is 0 Å². The third-order valence-electron chi connectivity index (χ3n) is 5.19. The van der Waals surface area contributed by atoms with Gasteiger partial charge in [-0.05, 0) is 43.0 Å². The number of hydrogen-bond acceptors (Lipinski definition) is 5. The van der Waals surface area contributed by atoms with Crippen molar-refractivity contribution in [3.8, 4) is 5.75 Å². The lowest BCUT2D eigenvalue weighted by Gasteiger charge is -2.29. The van der Waals surface area contributed by atoms with Crippen molar-refractivity contribution in [2.75, 3.05) is 11.4 Å². The number of aromatic carboxylic acids is 1. The van der Waals surface area contributed by atoms with Crippen LogP contribution in [0.15, 0.2) is 48.7 Å². The number of benzene rings is 2. The summed E-state index contributed by atoms with van der Waals surface area (Å²) in [5.41, 5.74) is 5.18. The van der Waals surface area contributed by atoms with Gasteiger partial charge in [-0.2, -0.15) is 0 Å². The fourth-order valence-electron chi connectivity index (χ4n) is 3.62. The first kappa shape index (κ1) is 18.9. The molecule has 29 heavy (non-hydrogen) atoms. The maximum Gasteiger partial charge on any atom is 0.339 e. The molecule has 0 unspecified atom stereocenters. The molecule has 4 rings (SSSR count). The molecule has 1 N–H and O–H groups in total. The van der Waals surface area contributed by atoms with Gasteiger partial charge in [-0.3, -0.25) is 0 Å². The minimum atomic E-state index is -1.06. The van der Waals surface area contributed by atoms with Gasteiger partial charge in [0.15, 0.2) is 0 Å². The van der Waals surface area contributed by atoms with E-state index in [4.69, 9.17) is 4.74 Å². The summed E-state index contributed by atoms with van der Waals surface area (Å²) in [7, 11) is 0. The number of nitrogens with zero attached hydrogens (tertiary/aromatic N) is 3. The first-order valence-corrected chi connectivity index (χ1v) is 9.62. The van der Waals surface area contributed by atoms with Gasteiger partial charge in [0, 0.05) is 19.3 Å². The lowest BCUT2D eigenvalue weighted by molar-refractivity contribution is 0.0692. The van der Waals surface area contributed by atoms with Gasteiger partial charge < -0.3 is 14.7 Å². The van der Waals surface area contributed by atoms with E-state index in [1.807, 2.05) is 38.1 Å². The monoisotopic (exact) mass is 389 g/mol. The largest absolute Gasteiger partial charge is 0.487 e. The first-order chi connectivity index (χ1) is 14.0. The van der Waals surface area contributed by atoms with E-state index in [9.17, 15) is 9.90 Å². The average molecular weight is 389 g/mol. The topological polar surface area (TPSA) is 75.5 Å². The van der Waals surface area contributed by atoms with Crippen LogP contribution in [-0.4, -0.2) is 27.6 Å². The van der Waals surface area contributed by atoms with Crippen LogP contribution in [0.2, 0.25) is 0 Å². The van der Waals surface area contributed by atoms with Crippen LogP contribution in [0.5, 0.6) is 5.75 Å². The Morgan fingerprint density at radius 3 is 2.72 bits per heavy atom. The van der Waals surface area contributed by atoms with Crippen molar-refractivity contribution >= 4 is 11.9 Å². The van der Waals surface area contributed by atoms with Crippen molar-refractivity contribution in [1.29, 1.82) is 0 Å². The molecule has 0 saturated heterocycles. The summed E-state index contributed by atoms with van der Waals surface area (Å²) in [5, 5.41) is 9.54. The van der Waals surface area contributed by atoms with Crippen LogP contribution in [0.1, 0.15) is 38.3 Å². The lowest BCUT2D eigenvalue weighted by atomic mass is 10.0. The summed E-state index contributed by atoms with van der Waals surface area (Å²) in [4.78, 5) is 22.6. The summed E-state index contributed by atoms with van der Waals surface area (Å²) in [6.07, 6.45) is 2.29. The Morgan fingerprint density at radius 2 is 1.97 bits per heavy atom. The zero-order valence-electron chi connectivity index (χ0n) is 16.6. The van der Waals surface area contributed by atoms with Gasteiger partial charge in [0.25, 0.3) is 0 Å². The number of carboxylic acid groups (broad SMARTS) is 1. The minimum absolute atomic E-state index is 0.0657. The number of hydrogen-bond donors (Lipinski definition) is 1. The predicted molar refractivity (Wildman–Crippen MR) is 110 cm³/mol. The number of carboxylic acids is 1. The van der Waals surface area contributed by atoms with E-state index < -0.39 is 5.97 Å². The van der Waals surface area contributed by atoms with Crippen LogP contribution in [0.4, 0.5) is 5.95 Å². The summed E-state index contributed by atoms with van der Waals surface area (Å²) < 4.78 is 5.90. The van der Waals surface area contributed by atoms with E-state index in [0.717, 1.165) is 29.8 Å². The molecule has 148 valence electrons. The molecule has 2 heterocycles. The SMILES string of the molecule is Cc1ccc(OCc2nc(N3CCc4ccccc4C3)ncc2C(=O)O)c(C)c1. The van der Waals surface area contributed by atoms with Gasteiger partial charge in [0.1, 0.15) is 17.9 Å². The first-order valence-electron chi connectivity index (χ1n) is 9.62. The van der Waals surface area contributed by atoms with Crippen LogP contribution in [0.3, 0.4) is 0 Å². The highest BCUT2D eigenvalue weighted by atomic mass is 16.5. The number of anilines is 1. The summed E-state index contributed by atoms with van der Waals surface area (Å²) >= 11 is 0. The quantitative estimate of drug-likeness (QED) is 0.713. The molecule has 1 aliphatic heterocycles. The predicted octanol–water partition coefficient (Wildman–Crippen LogP) is 3.93. The molecule has 0 amide bonds. The Bertz CT molecular complexity index is 1060. The molecule has 2 aromatic carbocycles. The maximum atomic E-state index is 11.6. The van der Waals surface area contributed by atoms with Crippen molar-refractivity contribution in [2.45, 2.75) is 33.4 Å². The Kier molecular flexibility index (Phi) is 5.16. The highest BCUT2D eigenvalue weighted by Crippen LogP contribution is 2.24. The Balaban J connectivity index is 1.58. The molecule has 6 heteroatoms. The third-order valence-corrected chi connectivity index (χ3v) is 5.19. The maximum absolute atomic E-state index is 11.6. The number of rotatable bonds is 5. The molecule has 0 bridgehead atoms. The number of aryl methyl sites for hydroxylation is 2. The molecule has 0 saturated carbocycles. The molecule has 0 atom stereocenters. The standard InChI is InChI=1S/C23H23N3O3/c1-15-7-8-21(16(2)11-15)29-14-20-19(22(27)28)12-24-23(25-20)26-10-9-17-5-3-4-6-18(17)13-26/h3-8,11-12H,9-10,13-14H2,1-2H3,(H,27,28). The van der Waals surface area contributed by atoms with Crippen molar-refractivity contribution in [2.24, 2.45) is 0 Å². The third kappa shape index (κ3) is 4.06. The second kappa shape index (κ2) is 7.91. The van der Waals surface area contributed by atoms with Crippen LogP contribution >= 0.6 is 0 Å². The zero-order chi connectivity index (χ0) is 20.4. The smallest absolute Gasteiger partial charge is 0.339 e. The van der Waals surface area contributed by atoms with Gasteiger partial charge in [-0.1, -0.05) is 42.0 Å². The molecule has 0 spiro atoms. The molecule has 1 aromatic heterocycles. The van der Waals surface area contributed by atoms with E-state index in [2.05, 4.69) is 33.1 Å². The van der Waals surface area contributed by atoms with Gasteiger partial charge in [0.2, 0.25) is 5.95 Å². The fourth-order valence-corrected chi connectivity index (χ4v) is 3.62. The molecular formula is C23H23N3O3. The van der Waals surface area contributed by atoms with E-state index in [-0.39, 0.29) is 12.2 Å². The highest BCUT2D eigenvalue weighted by Gasteiger charge is 2.21. The van der Waals surface area contributed by atoms with Gasteiger partial charge >= 0.3 is 5.97 Å². The normalized spacial score (nSPS) is 13.1. The molecular weight excluding hydrogens is 366 g/mol. The Morgan fingerprint density at radius 1 is 1.17 bits per heavy atom. The van der Waals surface area contributed by atoms with Crippen molar-refractivity contribution < 1.29 is 14.6 Å². The fraction of sp³-hybridized carbons (Fsp3) is 0.261. The number of fused-ring (bicyclic) bond motifs is 1. The van der Waals surface area contributed by atoms with Gasteiger partial charge in [-0.15, -0.1) is 0 Å². The van der Waals surface area contributed by atoms with E-state index in [1.165, 1.54) is 17.3 Å². The summed E-state index contributed by atoms with van der Waals surface area (Å²) in [6, 6.07) is 14.2. The Hall–Kier alpha value is -3.41. The second-order valence-electron chi connectivity index (χ2n) is 7.33. The molecule has 3 aromatic rings. The molecule has 0 fully saturated rings. The summed E-state index contributed by atoms with van der Waals surface area (Å²) in [6.45, 7) is 5.57. The Labute approximate surface area is 169 Å². The van der Waals surface area contributed by atoms with Crippen LogP contribution in [0, 0.1) is 13.8 Å². The molecule has 0 aliphatic carbocycles. The molecule has 6 nitrogen and oxygen atoms in total. The number of carbonyl (C=O) groups is 1. The number of aromatic nitrogens is 2. The number of ether oxygens (including phenoxy) is 1. The zero-order valence-corrected chi connectivity index (χ0v) is 16.6.